The van der Waals surface area contributed by atoms with Gasteiger partial charge >= 0.3 is 15.4 Å². The SMILES string of the molecule is CCCCCCOC(=O)S(=O)(=O)OCCCCCC. The molecule has 0 bridgehead atoms. The second kappa shape index (κ2) is 11.2. The number of rotatable bonds is 11. The summed E-state index contributed by atoms with van der Waals surface area (Å²) in [5.74, 6) is 0. The molecule has 6 heteroatoms. The van der Waals surface area contributed by atoms with Crippen LogP contribution in [-0.4, -0.2) is 26.9 Å². The highest BCUT2D eigenvalue weighted by molar-refractivity contribution is 8.01. The minimum atomic E-state index is -4.20. The highest BCUT2D eigenvalue weighted by Gasteiger charge is 2.24. The molecule has 0 aromatic heterocycles. The third-order valence-electron chi connectivity index (χ3n) is 2.66. The van der Waals surface area contributed by atoms with Crippen molar-refractivity contribution in [2.75, 3.05) is 13.2 Å². The van der Waals surface area contributed by atoms with Gasteiger partial charge in [-0.1, -0.05) is 52.4 Å². The van der Waals surface area contributed by atoms with Crippen LogP contribution in [-0.2, 0) is 19.0 Å². The zero-order chi connectivity index (χ0) is 14.6. The van der Waals surface area contributed by atoms with E-state index in [0.29, 0.717) is 12.8 Å². The molecule has 0 aliphatic carbocycles. The number of carbonyl (C=O) groups is 1. The van der Waals surface area contributed by atoms with Crippen molar-refractivity contribution < 1.29 is 22.1 Å². The van der Waals surface area contributed by atoms with Gasteiger partial charge < -0.3 is 4.74 Å². The Hall–Kier alpha value is -0.620. The van der Waals surface area contributed by atoms with Gasteiger partial charge in [-0.3, -0.25) is 4.18 Å². The van der Waals surface area contributed by atoms with Crippen LogP contribution in [0.1, 0.15) is 65.2 Å². The molecule has 0 aromatic carbocycles. The molecule has 0 aromatic rings. The van der Waals surface area contributed by atoms with E-state index in [9.17, 15) is 13.2 Å². The smallest absolute Gasteiger partial charge is 0.451 e. The van der Waals surface area contributed by atoms with Crippen molar-refractivity contribution in [3.05, 3.63) is 0 Å². The average Bonchev–Trinajstić information content (AvgIpc) is 2.38. The van der Waals surface area contributed by atoms with Gasteiger partial charge in [0.05, 0.1) is 13.2 Å². The minimum absolute atomic E-state index is 0.0489. The molecule has 114 valence electrons. The lowest BCUT2D eigenvalue weighted by atomic mass is 10.2. The predicted molar refractivity (Wildman–Crippen MR) is 74.5 cm³/mol. The Morgan fingerprint density at radius 3 is 1.89 bits per heavy atom. The van der Waals surface area contributed by atoms with Gasteiger partial charge in [0.15, 0.2) is 0 Å². The van der Waals surface area contributed by atoms with Gasteiger partial charge in [-0.2, -0.15) is 8.42 Å². The van der Waals surface area contributed by atoms with E-state index in [-0.39, 0.29) is 13.2 Å². The summed E-state index contributed by atoms with van der Waals surface area (Å²) in [5, 5.41) is -1.26. The summed E-state index contributed by atoms with van der Waals surface area (Å²) in [4.78, 5) is 11.3. The molecule has 0 rings (SSSR count). The van der Waals surface area contributed by atoms with Gasteiger partial charge in [0.1, 0.15) is 0 Å². The Morgan fingerprint density at radius 1 is 0.842 bits per heavy atom. The molecule has 0 N–H and O–H groups in total. The van der Waals surface area contributed by atoms with Gasteiger partial charge in [-0.25, -0.2) is 4.79 Å². The van der Waals surface area contributed by atoms with E-state index < -0.39 is 15.4 Å². The highest BCUT2D eigenvalue weighted by atomic mass is 32.2. The van der Waals surface area contributed by atoms with Gasteiger partial charge in [0.25, 0.3) is 0 Å². The zero-order valence-electron chi connectivity index (χ0n) is 12.0. The fourth-order valence-corrected chi connectivity index (χ4v) is 2.16. The first-order valence-corrected chi connectivity index (χ1v) is 8.51. The van der Waals surface area contributed by atoms with Crippen molar-refractivity contribution in [3.63, 3.8) is 0 Å². The molecular formula is C13H26O5S. The number of hydrogen-bond donors (Lipinski definition) is 0. The van der Waals surface area contributed by atoms with E-state index in [1.807, 2.05) is 0 Å². The molecule has 0 heterocycles. The van der Waals surface area contributed by atoms with E-state index in [0.717, 1.165) is 38.5 Å². The van der Waals surface area contributed by atoms with Crippen molar-refractivity contribution in [3.8, 4) is 0 Å². The minimum Gasteiger partial charge on any atom is -0.452 e. The molecule has 0 unspecified atom stereocenters. The zero-order valence-corrected chi connectivity index (χ0v) is 12.8. The average molecular weight is 294 g/mol. The molecule has 0 saturated heterocycles. The molecule has 0 saturated carbocycles. The van der Waals surface area contributed by atoms with Crippen LogP contribution in [0.15, 0.2) is 0 Å². The Morgan fingerprint density at radius 2 is 1.37 bits per heavy atom. The molecule has 0 fully saturated rings. The lowest BCUT2D eigenvalue weighted by Gasteiger charge is -2.06. The third-order valence-corrected chi connectivity index (χ3v) is 3.66. The van der Waals surface area contributed by atoms with Crippen LogP contribution in [0.5, 0.6) is 0 Å². The van der Waals surface area contributed by atoms with E-state index >= 15 is 0 Å². The fraction of sp³-hybridized carbons (Fsp3) is 0.923. The number of hydrogen-bond acceptors (Lipinski definition) is 5. The van der Waals surface area contributed by atoms with Crippen LogP contribution in [0.4, 0.5) is 4.79 Å². The van der Waals surface area contributed by atoms with Crippen LogP contribution >= 0.6 is 0 Å². The lowest BCUT2D eigenvalue weighted by molar-refractivity contribution is 0.163. The van der Waals surface area contributed by atoms with E-state index in [1.165, 1.54) is 0 Å². The van der Waals surface area contributed by atoms with Gasteiger partial charge in [-0.05, 0) is 12.8 Å². The van der Waals surface area contributed by atoms with Crippen LogP contribution in [0.25, 0.3) is 0 Å². The molecule has 0 amide bonds. The summed E-state index contributed by atoms with van der Waals surface area (Å²) < 4.78 is 32.1. The summed E-state index contributed by atoms with van der Waals surface area (Å²) in [6, 6.07) is 0. The Balaban J connectivity index is 3.75. The molecule has 0 atom stereocenters. The molecule has 19 heavy (non-hydrogen) atoms. The molecule has 0 spiro atoms. The summed E-state index contributed by atoms with van der Waals surface area (Å²) in [6.07, 6.45) is 7.38. The molecule has 0 aliphatic rings. The molecule has 5 nitrogen and oxygen atoms in total. The van der Waals surface area contributed by atoms with Gasteiger partial charge in [0.2, 0.25) is 0 Å². The van der Waals surface area contributed by atoms with Crippen molar-refractivity contribution in [2.45, 2.75) is 65.2 Å². The van der Waals surface area contributed by atoms with Crippen LogP contribution in [0.3, 0.4) is 0 Å². The summed E-state index contributed by atoms with van der Waals surface area (Å²) in [7, 11) is -4.20. The number of ether oxygens (including phenoxy) is 1. The standard InChI is InChI=1S/C13H26O5S/c1-3-5-7-9-11-17-13(14)19(15,16)18-12-10-8-6-4-2/h3-12H2,1-2H3. The van der Waals surface area contributed by atoms with E-state index in [2.05, 4.69) is 22.8 Å². The van der Waals surface area contributed by atoms with E-state index in [1.54, 1.807) is 0 Å². The Kier molecular flexibility index (Phi) is 10.9. The quantitative estimate of drug-likeness (QED) is 0.330. The summed E-state index contributed by atoms with van der Waals surface area (Å²) in [6.45, 7) is 4.32. The fourth-order valence-electron chi connectivity index (χ4n) is 1.50. The maximum atomic E-state index is 11.4. The van der Waals surface area contributed by atoms with Crippen LogP contribution < -0.4 is 0 Å². The normalized spacial score (nSPS) is 11.5. The van der Waals surface area contributed by atoms with Crippen molar-refractivity contribution >= 4 is 15.4 Å². The van der Waals surface area contributed by atoms with Gasteiger partial charge in [0, 0.05) is 0 Å². The monoisotopic (exact) mass is 294 g/mol. The lowest BCUT2D eigenvalue weighted by Crippen LogP contribution is -2.20. The first-order valence-electron chi connectivity index (χ1n) is 7.10. The summed E-state index contributed by atoms with van der Waals surface area (Å²) >= 11 is 0. The van der Waals surface area contributed by atoms with Crippen LogP contribution in [0.2, 0.25) is 0 Å². The Labute approximate surface area is 116 Å². The van der Waals surface area contributed by atoms with Crippen molar-refractivity contribution in [1.82, 2.24) is 0 Å². The maximum absolute atomic E-state index is 11.4. The molecular weight excluding hydrogens is 268 g/mol. The molecule has 0 aliphatic heterocycles. The van der Waals surface area contributed by atoms with Crippen molar-refractivity contribution in [1.29, 1.82) is 0 Å². The van der Waals surface area contributed by atoms with Crippen molar-refractivity contribution in [2.24, 2.45) is 0 Å². The van der Waals surface area contributed by atoms with E-state index in [4.69, 9.17) is 0 Å². The second-order valence-electron chi connectivity index (χ2n) is 4.50. The Bertz CT molecular complexity index is 324. The topological polar surface area (TPSA) is 69.7 Å². The second-order valence-corrected chi connectivity index (χ2v) is 5.97. The number of carbonyl (C=O) groups excluding carboxylic acids is 1. The largest absolute Gasteiger partial charge is 0.452 e. The first-order chi connectivity index (χ1) is 9.04. The highest BCUT2D eigenvalue weighted by Crippen LogP contribution is 2.05. The summed E-state index contributed by atoms with van der Waals surface area (Å²) in [5.41, 5.74) is 0. The third kappa shape index (κ3) is 9.90. The first kappa shape index (κ1) is 18.4. The van der Waals surface area contributed by atoms with Gasteiger partial charge in [-0.15, -0.1) is 0 Å². The molecule has 0 radical (unpaired) electrons. The maximum Gasteiger partial charge on any atom is 0.451 e. The predicted octanol–water partition coefficient (Wildman–Crippen LogP) is 3.63. The number of unbranched alkanes of at least 4 members (excludes halogenated alkanes) is 6. The van der Waals surface area contributed by atoms with Crippen LogP contribution in [0, 0.1) is 0 Å².